The summed E-state index contributed by atoms with van der Waals surface area (Å²) in [4.78, 5) is 21.6. The summed E-state index contributed by atoms with van der Waals surface area (Å²) >= 11 is 1.66. The molecule has 2 aliphatic rings. The molecule has 0 aromatic carbocycles. The zero-order chi connectivity index (χ0) is 14.7. The highest BCUT2D eigenvalue weighted by molar-refractivity contribution is 7.13. The maximum atomic E-state index is 12.9. The largest absolute Gasteiger partial charge is 0.345 e. The highest BCUT2D eigenvalue weighted by atomic mass is 32.1. The topological polar surface area (TPSA) is 62.5 Å². The molecule has 6 heteroatoms. The third-order valence-corrected chi connectivity index (χ3v) is 5.74. The van der Waals surface area contributed by atoms with Crippen LogP contribution in [0.1, 0.15) is 32.1 Å². The summed E-state index contributed by atoms with van der Waals surface area (Å²) in [5, 5.41) is 3.06. The predicted molar refractivity (Wildman–Crippen MR) is 85.5 cm³/mol. The van der Waals surface area contributed by atoms with E-state index >= 15 is 0 Å². The van der Waals surface area contributed by atoms with Crippen LogP contribution in [0.3, 0.4) is 0 Å². The van der Waals surface area contributed by atoms with Gasteiger partial charge in [0.2, 0.25) is 5.91 Å². The molecule has 21 heavy (non-hydrogen) atoms. The van der Waals surface area contributed by atoms with Gasteiger partial charge < -0.3 is 15.5 Å². The van der Waals surface area contributed by atoms with Crippen LogP contribution in [0.5, 0.6) is 0 Å². The van der Waals surface area contributed by atoms with E-state index in [1.54, 1.807) is 11.3 Å². The summed E-state index contributed by atoms with van der Waals surface area (Å²) in [6, 6.07) is 0. The summed E-state index contributed by atoms with van der Waals surface area (Å²) in [5.74, 6) is 0.295. The van der Waals surface area contributed by atoms with Crippen LogP contribution in [-0.4, -0.2) is 48.5 Å². The Labute approximate surface area is 130 Å². The molecule has 1 aromatic rings. The Morgan fingerprint density at radius 3 is 2.52 bits per heavy atom. The minimum Gasteiger partial charge on any atom is -0.345 e. The van der Waals surface area contributed by atoms with Gasteiger partial charge in [0.1, 0.15) is 0 Å². The first-order valence-corrected chi connectivity index (χ1v) is 8.77. The number of aromatic nitrogens is 1. The first kappa shape index (κ1) is 14.8. The molecule has 0 spiro atoms. The Morgan fingerprint density at radius 2 is 1.95 bits per heavy atom. The van der Waals surface area contributed by atoms with Gasteiger partial charge in [0.25, 0.3) is 0 Å². The molecule has 1 aliphatic heterocycles. The van der Waals surface area contributed by atoms with E-state index in [9.17, 15) is 4.79 Å². The van der Waals surface area contributed by atoms with Gasteiger partial charge in [-0.3, -0.25) is 4.79 Å². The van der Waals surface area contributed by atoms with Crippen LogP contribution in [0.4, 0.5) is 5.13 Å². The molecule has 0 unspecified atom stereocenters. The molecular formula is C15H24N4OS. The second kappa shape index (κ2) is 6.32. The Morgan fingerprint density at radius 1 is 1.24 bits per heavy atom. The number of thiazole rings is 1. The predicted octanol–water partition coefficient (Wildman–Crippen LogP) is 1.70. The number of hydrogen-bond donors (Lipinski definition) is 1. The number of carbonyl (C=O) groups excluding carboxylic acids is 1. The zero-order valence-electron chi connectivity index (χ0n) is 12.5. The number of nitrogens with two attached hydrogens (primary N) is 1. The molecule has 1 amide bonds. The van der Waals surface area contributed by atoms with Crippen molar-refractivity contribution in [1.29, 1.82) is 0 Å². The molecule has 1 aliphatic carbocycles. The van der Waals surface area contributed by atoms with Crippen molar-refractivity contribution in [3.8, 4) is 0 Å². The third-order valence-electron chi connectivity index (χ3n) is 4.91. The van der Waals surface area contributed by atoms with Gasteiger partial charge in [-0.05, 0) is 12.8 Å². The maximum Gasteiger partial charge on any atom is 0.230 e. The fraction of sp³-hybridized carbons (Fsp3) is 0.733. The summed E-state index contributed by atoms with van der Waals surface area (Å²) in [5.41, 5.74) is 5.71. The number of hydrogen-bond acceptors (Lipinski definition) is 5. The standard InChI is InChI=1S/C15H24N4OS/c16-12-15(4-2-1-3-5-15)13(20)18-7-9-19(10-8-18)14-17-6-11-21-14/h6,11H,1-5,7-10,12,16H2. The first-order chi connectivity index (χ1) is 10.2. The molecule has 1 aromatic heterocycles. The van der Waals surface area contributed by atoms with Crippen molar-refractivity contribution in [1.82, 2.24) is 9.88 Å². The van der Waals surface area contributed by atoms with Crippen LogP contribution < -0.4 is 10.6 Å². The molecule has 2 heterocycles. The first-order valence-electron chi connectivity index (χ1n) is 7.89. The minimum absolute atomic E-state index is 0.276. The molecule has 5 nitrogen and oxygen atoms in total. The Kier molecular flexibility index (Phi) is 4.45. The molecule has 3 rings (SSSR count). The van der Waals surface area contributed by atoms with Gasteiger partial charge >= 0.3 is 0 Å². The molecule has 2 fully saturated rings. The van der Waals surface area contributed by atoms with Crippen molar-refractivity contribution in [2.45, 2.75) is 32.1 Å². The highest BCUT2D eigenvalue weighted by Gasteiger charge is 2.41. The SMILES string of the molecule is NCC1(C(=O)N2CCN(c3nccs3)CC2)CCCCC1. The van der Waals surface area contributed by atoms with Crippen molar-refractivity contribution >= 4 is 22.4 Å². The summed E-state index contributed by atoms with van der Waals surface area (Å²) in [6.45, 7) is 3.83. The Hall–Kier alpha value is -1.14. The van der Waals surface area contributed by atoms with Crippen LogP contribution >= 0.6 is 11.3 Å². The van der Waals surface area contributed by atoms with Gasteiger partial charge in [0.05, 0.1) is 5.41 Å². The highest BCUT2D eigenvalue weighted by Crippen LogP contribution is 2.37. The normalized spacial score (nSPS) is 22.3. The van der Waals surface area contributed by atoms with Crippen molar-refractivity contribution in [3.05, 3.63) is 11.6 Å². The second-order valence-corrected chi connectivity index (χ2v) is 7.01. The van der Waals surface area contributed by atoms with Crippen LogP contribution in [0.2, 0.25) is 0 Å². The number of amides is 1. The quantitative estimate of drug-likeness (QED) is 0.923. The van der Waals surface area contributed by atoms with Crippen LogP contribution in [0.15, 0.2) is 11.6 Å². The van der Waals surface area contributed by atoms with Crippen molar-refractivity contribution in [2.24, 2.45) is 11.1 Å². The molecular weight excluding hydrogens is 284 g/mol. The lowest BCUT2D eigenvalue weighted by Crippen LogP contribution is -2.55. The van der Waals surface area contributed by atoms with E-state index in [1.165, 1.54) is 6.42 Å². The number of carbonyl (C=O) groups is 1. The molecule has 116 valence electrons. The lowest BCUT2D eigenvalue weighted by atomic mass is 9.73. The Bertz CT molecular complexity index is 462. The van der Waals surface area contributed by atoms with Gasteiger partial charge in [0.15, 0.2) is 5.13 Å². The number of nitrogens with zero attached hydrogens (tertiary/aromatic N) is 3. The lowest BCUT2D eigenvalue weighted by molar-refractivity contribution is -0.144. The third kappa shape index (κ3) is 2.92. The smallest absolute Gasteiger partial charge is 0.230 e. The molecule has 1 saturated heterocycles. The summed E-state index contributed by atoms with van der Waals surface area (Å²) < 4.78 is 0. The van der Waals surface area contributed by atoms with Gasteiger partial charge in [0, 0.05) is 44.3 Å². The molecule has 1 saturated carbocycles. The van der Waals surface area contributed by atoms with Crippen LogP contribution in [-0.2, 0) is 4.79 Å². The number of piperazine rings is 1. The summed E-state index contributed by atoms with van der Waals surface area (Å²) in [7, 11) is 0. The zero-order valence-corrected chi connectivity index (χ0v) is 13.3. The lowest BCUT2D eigenvalue weighted by Gasteiger charge is -2.42. The summed E-state index contributed by atoms with van der Waals surface area (Å²) in [6.07, 6.45) is 7.30. The van der Waals surface area contributed by atoms with Gasteiger partial charge in [-0.15, -0.1) is 11.3 Å². The molecule has 0 radical (unpaired) electrons. The van der Waals surface area contributed by atoms with Crippen LogP contribution in [0, 0.1) is 5.41 Å². The maximum absolute atomic E-state index is 12.9. The molecule has 0 bridgehead atoms. The Balaban J connectivity index is 1.62. The van der Waals surface area contributed by atoms with E-state index in [0.717, 1.165) is 57.0 Å². The van der Waals surface area contributed by atoms with Crippen LogP contribution in [0.25, 0.3) is 0 Å². The molecule has 0 atom stereocenters. The van der Waals surface area contributed by atoms with Gasteiger partial charge in [-0.2, -0.15) is 0 Å². The van der Waals surface area contributed by atoms with Crippen molar-refractivity contribution in [2.75, 3.05) is 37.6 Å². The van der Waals surface area contributed by atoms with E-state index in [2.05, 4.69) is 9.88 Å². The fourth-order valence-corrected chi connectivity index (χ4v) is 4.24. The average Bonchev–Trinajstić information content (AvgIpc) is 3.09. The number of rotatable bonds is 3. The van der Waals surface area contributed by atoms with E-state index in [-0.39, 0.29) is 5.41 Å². The van der Waals surface area contributed by atoms with E-state index in [1.807, 2.05) is 16.5 Å². The van der Waals surface area contributed by atoms with Gasteiger partial charge in [-0.25, -0.2) is 4.98 Å². The fourth-order valence-electron chi connectivity index (χ4n) is 3.54. The van der Waals surface area contributed by atoms with Gasteiger partial charge in [-0.1, -0.05) is 19.3 Å². The van der Waals surface area contributed by atoms with E-state index in [0.29, 0.717) is 12.5 Å². The average molecular weight is 308 g/mol. The second-order valence-electron chi connectivity index (χ2n) is 6.14. The van der Waals surface area contributed by atoms with E-state index < -0.39 is 0 Å². The monoisotopic (exact) mass is 308 g/mol. The van der Waals surface area contributed by atoms with Crippen molar-refractivity contribution < 1.29 is 4.79 Å². The van der Waals surface area contributed by atoms with E-state index in [4.69, 9.17) is 5.73 Å². The van der Waals surface area contributed by atoms with Crippen molar-refractivity contribution in [3.63, 3.8) is 0 Å². The minimum atomic E-state index is -0.276. The molecule has 2 N–H and O–H groups in total. The number of anilines is 1.